The second kappa shape index (κ2) is 7.73. The van der Waals surface area contributed by atoms with E-state index in [-0.39, 0.29) is 17.7 Å². The summed E-state index contributed by atoms with van der Waals surface area (Å²) in [5, 5.41) is 3.05. The Labute approximate surface area is 155 Å². The van der Waals surface area contributed by atoms with Gasteiger partial charge in [-0.05, 0) is 35.6 Å². The summed E-state index contributed by atoms with van der Waals surface area (Å²) in [5.41, 5.74) is 3.96. The molecule has 0 spiro atoms. The number of carbonyl (C=O) groups excluding carboxylic acids is 2. The molecule has 26 heavy (non-hydrogen) atoms. The van der Waals surface area contributed by atoms with Crippen LogP contribution in [0.2, 0.25) is 0 Å². The van der Waals surface area contributed by atoms with E-state index in [1.165, 1.54) is 0 Å². The molecule has 2 aromatic rings. The van der Waals surface area contributed by atoms with E-state index < -0.39 is 6.04 Å². The fraction of sp³-hybridized carbons (Fsp3) is 0.364. The van der Waals surface area contributed by atoms with Gasteiger partial charge in [0.05, 0.1) is 0 Å². The summed E-state index contributed by atoms with van der Waals surface area (Å²) < 4.78 is 0. The third-order valence-electron chi connectivity index (χ3n) is 5.35. The molecular formula is C22H26N2O2. The largest absolute Gasteiger partial charge is 0.350 e. The van der Waals surface area contributed by atoms with Crippen LogP contribution >= 0.6 is 0 Å². The third-order valence-corrected chi connectivity index (χ3v) is 5.35. The van der Waals surface area contributed by atoms with Gasteiger partial charge < -0.3 is 10.2 Å². The lowest BCUT2D eigenvalue weighted by atomic mass is 9.96. The summed E-state index contributed by atoms with van der Waals surface area (Å²) in [5.74, 6) is -0.0363. The van der Waals surface area contributed by atoms with E-state index >= 15 is 0 Å². The van der Waals surface area contributed by atoms with Crippen LogP contribution in [0.25, 0.3) is 0 Å². The van der Waals surface area contributed by atoms with Gasteiger partial charge in [0.1, 0.15) is 6.04 Å². The van der Waals surface area contributed by atoms with Gasteiger partial charge in [-0.1, -0.05) is 62.7 Å². The molecule has 1 aliphatic heterocycles. The Morgan fingerprint density at radius 3 is 2.54 bits per heavy atom. The minimum absolute atomic E-state index is 0.0445. The van der Waals surface area contributed by atoms with E-state index in [0.717, 1.165) is 23.1 Å². The molecule has 1 heterocycles. The highest BCUT2D eigenvalue weighted by molar-refractivity contribution is 6.01. The molecule has 0 bridgehead atoms. The maximum atomic E-state index is 13.0. The van der Waals surface area contributed by atoms with Crippen molar-refractivity contribution in [2.45, 2.75) is 46.3 Å². The number of benzene rings is 2. The van der Waals surface area contributed by atoms with E-state index in [1.54, 1.807) is 4.90 Å². The molecule has 4 heteroatoms. The smallest absolute Gasteiger partial charge is 0.255 e. The summed E-state index contributed by atoms with van der Waals surface area (Å²) in [6.45, 7) is 7.11. The van der Waals surface area contributed by atoms with Gasteiger partial charge in [-0.2, -0.15) is 0 Å². The van der Waals surface area contributed by atoms with Crippen molar-refractivity contribution in [2.24, 2.45) is 5.92 Å². The lowest BCUT2D eigenvalue weighted by Crippen LogP contribution is -2.50. The molecule has 3 rings (SSSR count). The quantitative estimate of drug-likeness (QED) is 0.864. The van der Waals surface area contributed by atoms with E-state index in [4.69, 9.17) is 0 Å². The van der Waals surface area contributed by atoms with Crippen LogP contribution in [-0.2, 0) is 17.9 Å². The maximum absolute atomic E-state index is 13.0. The summed E-state index contributed by atoms with van der Waals surface area (Å²) >= 11 is 0. The highest BCUT2D eigenvalue weighted by Gasteiger charge is 2.38. The van der Waals surface area contributed by atoms with Crippen LogP contribution in [0.15, 0.2) is 48.5 Å². The number of fused-ring (bicyclic) bond motifs is 1. The van der Waals surface area contributed by atoms with Crippen LogP contribution in [-0.4, -0.2) is 22.8 Å². The molecule has 2 amide bonds. The van der Waals surface area contributed by atoms with Gasteiger partial charge in [-0.25, -0.2) is 0 Å². The first-order chi connectivity index (χ1) is 12.5. The SMILES string of the molecule is CC[C@@H](C)[C@@H](C(=O)NCc1ccccc1C)N1Cc2ccccc2C1=O. The standard InChI is InChI=1S/C22H26N2O2/c1-4-15(2)20(21(25)23-13-17-10-6-5-9-16(17)3)24-14-18-11-7-8-12-19(18)22(24)26/h5-12,15,20H,4,13-14H2,1-3H3,(H,23,25)/t15-,20+/m1/s1. The lowest BCUT2D eigenvalue weighted by molar-refractivity contribution is -0.127. The van der Waals surface area contributed by atoms with Crippen molar-refractivity contribution < 1.29 is 9.59 Å². The van der Waals surface area contributed by atoms with Gasteiger partial charge in [-0.15, -0.1) is 0 Å². The molecule has 0 aliphatic carbocycles. The molecule has 0 saturated carbocycles. The fourth-order valence-corrected chi connectivity index (χ4v) is 3.53. The molecule has 4 nitrogen and oxygen atoms in total. The lowest BCUT2D eigenvalue weighted by Gasteiger charge is -2.31. The second-order valence-electron chi connectivity index (χ2n) is 7.06. The summed E-state index contributed by atoms with van der Waals surface area (Å²) in [6.07, 6.45) is 0.836. The zero-order chi connectivity index (χ0) is 18.7. The molecular weight excluding hydrogens is 324 g/mol. The van der Waals surface area contributed by atoms with Gasteiger partial charge in [0.15, 0.2) is 0 Å². The predicted molar refractivity (Wildman–Crippen MR) is 103 cm³/mol. The van der Waals surface area contributed by atoms with Crippen molar-refractivity contribution in [2.75, 3.05) is 0 Å². The van der Waals surface area contributed by atoms with Crippen molar-refractivity contribution in [1.29, 1.82) is 0 Å². The topological polar surface area (TPSA) is 49.4 Å². The van der Waals surface area contributed by atoms with Crippen molar-refractivity contribution in [1.82, 2.24) is 10.2 Å². The van der Waals surface area contributed by atoms with Crippen LogP contribution in [0, 0.1) is 12.8 Å². The Morgan fingerprint density at radius 2 is 1.85 bits per heavy atom. The average Bonchev–Trinajstić information content (AvgIpc) is 2.98. The Balaban J connectivity index is 1.78. The average molecular weight is 350 g/mol. The number of nitrogens with zero attached hydrogens (tertiary/aromatic N) is 1. The summed E-state index contributed by atoms with van der Waals surface area (Å²) in [6, 6.07) is 15.2. The van der Waals surface area contributed by atoms with Gasteiger partial charge in [0.25, 0.3) is 5.91 Å². The number of hydrogen-bond acceptors (Lipinski definition) is 2. The molecule has 0 radical (unpaired) electrons. The van der Waals surface area contributed by atoms with Crippen LogP contribution < -0.4 is 5.32 Å². The van der Waals surface area contributed by atoms with Crippen LogP contribution in [0.1, 0.15) is 47.3 Å². The summed E-state index contributed by atoms with van der Waals surface area (Å²) in [4.78, 5) is 27.6. The maximum Gasteiger partial charge on any atom is 0.255 e. The van der Waals surface area contributed by atoms with Crippen molar-refractivity contribution >= 4 is 11.8 Å². The van der Waals surface area contributed by atoms with E-state index in [1.807, 2.05) is 62.4 Å². The van der Waals surface area contributed by atoms with E-state index in [2.05, 4.69) is 12.2 Å². The number of nitrogens with one attached hydrogen (secondary N) is 1. The predicted octanol–water partition coefficient (Wildman–Crippen LogP) is 3.68. The molecule has 1 aliphatic rings. The fourth-order valence-electron chi connectivity index (χ4n) is 3.53. The van der Waals surface area contributed by atoms with Gasteiger partial charge in [0, 0.05) is 18.7 Å². The molecule has 0 unspecified atom stereocenters. The van der Waals surface area contributed by atoms with E-state index in [0.29, 0.717) is 18.7 Å². The Hall–Kier alpha value is -2.62. The Morgan fingerprint density at radius 1 is 1.15 bits per heavy atom. The highest BCUT2D eigenvalue weighted by Crippen LogP contribution is 2.28. The second-order valence-corrected chi connectivity index (χ2v) is 7.06. The van der Waals surface area contributed by atoms with Crippen molar-refractivity contribution in [3.63, 3.8) is 0 Å². The monoisotopic (exact) mass is 350 g/mol. The first-order valence-corrected chi connectivity index (χ1v) is 9.24. The molecule has 0 saturated heterocycles. The van der Waals surface area contributed by atoms with Gasteiger partial charge >= 0.3 is 0 Å². The number of aryl methyl sites for hydroxylation is 1. The minimum atomic E-state index is -0.455. The minimum Gasteiger partial charge on any atom is -0.350 e. The van der Waals surface area contributed by atoms with Crippen LogP contribution in [0.3, 0.4) is 0 Å². The number of amides is 2. The van der Waals surface area contributed by atoms with Crippen molar-refractivity contribution in [3.8, 4) is 0 Å². The normalized spacial score (nSPS) is 15.5. The first kappa shape index (κ1) is 18.2. The van der Waals surface area contributed by atoms with Gasteiger partial charge in [-0.3, -0.25) is 9.59 Å². The van der Waals surface area contributed by atoms with Crippen LogP contribution in [0.5, 0.6) is 0 Å². The number of carbonyl (C=O) groups is 2. The molecule has 0 aromatic heterocycles. The van der Waals surface area contributed by atoms with E-state index in [9.17, 15) is 9.59 Å². The Bertz CT molecular complexity index is 815. The first-order valence-electron chi connectivity index (χ1n) is 9.24. The molecule has 1 N–H and O–H groups in total. The molecule has 136 valence electrons. The molecule has 2 aromatic carbocycles. The molecule has 2 atom stereocenters. The number of rotatable bonds is 6. The van der Waals surface area contributed by atoms with Crippen molar-refractivity contribution in [3.05, 3.63) is 70.8 Å². The van der Waals surface area contributed by atoms with Gasteiger partial charge in [0.2, 0.25) is 5.91 Å². The third kappa shape index (κ3) is 3.50. The highest BCUT2D eigenvalue weighted by atomic mass is 16.2. The number of hydrogen-bond donors (Lipinski definition) is 1. The zero-order valence-corrected chi connectivity index (χ0v) is 15.7. The van der Waals surface area contributed by atoms with Crippen LogP contribution in [0.4, 0.5) is 0 Å². The Kier molecular flexibility index (Phi) is 5.40. The summed E-state index contributed by atoms with van der Waals surface area (Å²) in [7, 11) is 0. The molecule has 0 fully saturated rings. The zero-order valence-electron chi connectivity index (χ0n) is 15.7.